The van der Waals surface area contributed by atoms with Crippen LogP contribution in [0.3, 0.4) is 0 Å². The standard InChI is InChI=1S/C19H19ClN2O/c1-23-19-10-8-17(9-11-19)21-13-18-3-2-12-22(18)14-15-4-6-16(20)7-5-15/h2-12,21H,13-14H2,1H3. The third-order valence-electron chi connectivity index (χ3n) is 3.75. The molecule has 0 saturated heterocycles. The molecule has 0 aliphatic heterocycles. The first kappa shape index (κ1) is 15.5. The van der Waals surface area contributed by atoms with Gasteiger partial charge in [0.1, 0.15) is 5.75 Å². The van der Waals surface area contributed by atoms with Gasteiger partial charge in [0.2, 0.25) is 0 Å². The van der Waals surface area contributed by atoms with Gasteiger partial charge in [-0.3, -0.25) is 0 Å². The first-order valence-corrected chi connectivity index (χ1v) is 7.89. The Kier molecular flexibility index (Phi) is 4.89. The Bertz CT molecular complexity index is 748. The lowest BCUT2D eigenvalue weighted by Crippen LogP contribution is -2.08. The van der Waals surface area contributed by atoms with Gasteiger partial charge in [-0.15, -0.1) is 0 Å². The van der Waals surface area contributed by atoms with Crippen molar-refractivity contribution in [3.05, 3.63) is 83.1 Å². The highest BCUT2D eigenvalue weighted by Crippen LogP contribution is 2.17. The maximum Gasteiger partial charge on any atom is 0.119 e. The zero-order valence-corrected chi connectivity index (χ0v) is 13.8. The molecule has 3 nitrogen and oxygen atoms in total. The van der Waals surface area contributed by atoms with Crippen molar-refractivity contribution in [2.24, 2.45) is 0 Å². The Morgan fingerprint density at radius 1 is 1.00 bits per heavy atom. The number of methoxy groups -OCH3 is 1. The first-order chi connectivity index (χ1) is 11.2. The Morgan fingerprint density at radius 2 is 1.74 bits per heavy atom. The van der Waals surface area contributed by atoms with Crippen molar-refractivity contribution in [1.29, 1.82) is 0 Å². The lowest BCUT2D eigenvalue weighted by molar-refractivity contribution is 0.415. The monoisotopic (exact) mass is 326 g/mol. The molecule has 0 saturated carbocycles. The van der Waals surface area contributed by atoms with E-state index in [1.807, 2.05) is 36.4 Å². The van der Waals surface area contributed by atoms with Crippen molar-refractivity contribution in [2.75, 3.05) is 12.4 Å². The van der Waals surface area contributed by atoms with Crippen LogP contribution in [0.4, 0.5) is 5.69 Å². The summed E-state index contributed by atoms with van der Waals surface area (Å²) in [5.41, 5.74) is 3.54. The number of hydrogen-bond donors (Lipinski definition) is 1. The number of ether oxygens (including phenoxy) is 1. The Balaban J connectivity index is 1.64. The van der Waals surface area contributed by atoms with E-state index in [-0.39, 0.29) is 0 Å². The molecular formula is C19H19ClN2O. The predicted octanol–water partition coefficient (Wildman–Crippen LogP) is 4.81. The number of aromatic nitrogens is 1. The largest absolute Gasteiger partial charge is 0.497 e. The maximum atomic E-state index is 5.94. The van der Waals surface area contributed by atoms with E-state index in [0.717, 1.165) is 29.5 Å². The van der Waals surface area contributed by atoms with Gasteiger partial charge in [0.25, 0.3) is 0 Å². The van der Waals surface area contributed by atoms with Crippen molar-refractivity contribution in [1.82, 2.24) is 4.57 Å². The van der Waals surface area contributed by atoms with Crippen LogP contribution in [0.5, 0.6) is 5.75 Å². The van der Waals surface area contributed by atoms with Crippen molar-refractivity contribution in [3.63, 3.8) is 0 Å². The molecule has 0 aliphatic carbocycles. The summed E-state index contributed by atoms with van der Waals surface area (Å²) >= 11 is 5.94. The molecule has 0 atom stereocenters. The topological polar surface area (TPSA) is 26.2 Å². The smallest absolute Gasteiger partial charge is 0.119 e. The fourth-order valence-electron chi connectivity index (χ4n) is 2.45. The number of nitrogens with one attached hydrogen (secondary N) is 1. The fourth-order valence-corrected chi connectivity index (χ4v) is 2.58. The third-order valence-corrected chi connectivity index (χ3v) is 4.01. The summed E-state index contributed by atoms with van der Waals surface area (Å²) < 4.78 is 7.41. The van der Waals surface area contributed by atoms with E-state index in [2.05, 4.69) is 40.3 Å². The fraction of sp³-hybridized carbons (Fsp3) is 0.158. The summed E-state index contributed by atoms with van der Waals surface area (Å²) in [7, 11) is 1.67. The van der Waals surface area contributed by atoms with Crippen molar-refractivity contribution in [2.45, 2.75) is 13.1 Å². The molecule has 0 spiro atoms. The summed E-state index contributed by atoms with van der Waals surface area (Å²) in [5.74, 6) is 0.863. The minimum atomic E-state index is 0.766. The molecule has 0 aliphatic rings. The van der Waals surface area contributed by atoms with Crippen LogP contribution in [-0.2, 0) is 13.1 Å². The van der Waals surface area contributed by atoms with E-state index < -0.39 is 0 Å². The van der Waals surface area contributed by atoms with E-state index in [9.17, 15) is 0 Å². The summed E-state index contributed by atoms with van der Waals surface area (Å²) in [6.45, 7) is 1.61. The van der Waals surface area contributed by atoms with Crippen LogP contribution in [0.2, 0.25) is 5.02 Å². The van der Waals surface area contributed by atoms with Gasteiger partial charge in [-0.1, -0.05) is 23.7 Å². The molecule has 0 amide bonds. The minimum absolute atomic E-state index is 0.766. The van der Waals surface area contributed by atoms with Gasteiger partial charge in [-0.2, -0.15) is 0 Å². The van der Waals surface area contributed by atoms with E-state index in [0.29, 0.717) is 0 Å². The van der Waals surface area contributed by atoms with Gasteiger partial charge in [0.15, 0.2) is 0 Å². The molecular weight excluding hydrogens is 308 g/mol. The molecule has 1 heterocycles. The Morgan fingerprint density at radius 3 is 2.43 bits per heavy atom. The molecule has 0 unspecified atom stereocenters. The molecule has 3 aromatic rings. The highest BCUT2D eigenvalue weighted by Gasteiger charge is 2.03. The number of halogens is 1. The molecule has 4 heteroatoms. The minimum Gasteiger partial charge on any atom is -0.497 e. The zero-order chi connectivity index (χ0) is 16.1. The molecule has 0 bridgehead atoms. The lowest BCUT2D eigenvalue weighted by atomic mass is 10.2. The molecule has 1 N–H and O–H groups in total. The first-order valence-electron chi connectivity index (χ1n) is 7.51. The van der Waals surface area contributed by atoms with Gasteiger partial charge in [-0.25, -0.2) is 0 Å². The molecule has 23 heavy (non-hydrogen) atoms. The number of anilines is 1. The number of rotatable bonds is 6. The quantitative estimate of drug-likeness (QED) is 0.703. The van der Waals surface area contributed by atoms with Gasteiger partial charge in [-0.05, 0) is 54.1 Å². The van der Waals surface area contributed by atoms with Gasteiger partial charge >= 0.3 is 0 Å². The summed E-state index contributed by atoms with van der Waals surface area (Å²) in [6, 6.07) is 20.1. The van der Waals surface area contributed by atoms with Crippen LogP contribution < -0.4 is 10.1 Å². The van der Waals surface area contributed by atoms with Crippen LogP contribution in [0, 0.1) is 0 Å². The molecule has 3 rings (SSSR count). The normalized spacial score (nSPS) is 10.5. The van der Waals surface area contributed by atoms with Gasteiger partial charge < -0.3 is 14.6 Å². The van der Waals surface area contributed by atoms with Crippen LogP contribution in [0.1, 0.15) is 11.3 Å². The van der Waals surface area contributed by atoms with Gasteiger partial charge in [0.05, 0.1) is 13.7 Å². The van der Waals surface area contributed by atoms with E-state index in [1.165, 1.54) is 11.3 Å². The zero-order valence-electron chi connectivity index (χ0n) is 13.0. The van der Waals surface area contributed by atoms with E-state index >= 15 is 0 Å². The summed E-state index contributed by atoms with van der Waals surface area (Å²) in [5, 5.41) is 4.20. The number of benzene rings is 2. The van der Waals surface area contributed by atoms with E-state index in [1.54, 1.807) is 7.11 Å². The number of hydrogen-bond acceptors (Lipinski definition) is 2. The van der Waals surface area contributed by atoms with Crippen molar-refractivity contribution >= 4 is 17.3 Å². The van der Waals surface area contributed by atoms with E-state index in [4.69, 9.17) is 16.3 Å². The molecule has 0 fully saturated rings. The average molecular weight is 327 g/mol. The summed E-state index contributed by atoms with van der Waals surface area (Å²) in [4.78, 5) is 0. The predicted molar refractivity (Wildman–Crippen MR) is 95.3 cm³/mol. The highest BCUT2D eigenvalue weighted by molar-refractivity contribution is 6.30. The Labute approximate surface area is 141 Å². The second kappa shape index (κ2) is 7.25. The summed E-state index contributed by atoms with van der Waals surface area (Å²) in [6.07, 6.45) is 2.10. The molecule has 118 valence electrons. The Hall–Kier alpha value is -2.39. The van der Waals surface area contributed by atoms with Crippen LogP contribution in [0.15, 0.2) is 66.9 Å². The van der Waals surface area contributed by atoms with Crippen LogP contribution >= 0.6 is 11.6 Å². The highest BCUT2D eigenvalue weighted by atomic mass is 35.5. The van der Waals surface area contributed by atoms with Crippen LogP contribution in [0.25, 0.3) is 0 Å². The SMILES string of the molecule is COc1ccc(NCc2cccn2Cc2ccc(Cl)cc2)cc1. The van der Waals surface area contributed by atoms with Crippen LogP contribution in [-0.4, -0.2) is 11.7 Å². The molecule has 2 aromatic carbocycles. The van der Waals surface area contributed by atoms with Gasteiger partial charge in [0, 0.05) is 29.1 Å². The second-order valence-electron chi connectivity index (χ2n) is 5.34. The lowest BCUT2D eigenvalue weighted by Gasteiger charge is -2.12. The van der Waals surface area contributed by atoms with Crippen molar-refractivity contribution < 1.29 is 4.74 Å². The number of nitrogens with zero attached hydrogens (tertiary/aromatic N) is 1. The maximum absolute atomic E-state index is 5.94. The molecule has 0 radical (unpaired) electrons. The third kappa shape index (κ3) is 4.08. The second-order valence-corrected chi connectivity index (χ2v) is 5.77. The molecule has 1 aromatic heterocycles. The van der Waals surface area contributed by atoms with Crippen molar-refractivity contribution in [3.8, 4) is 5.75 Å². The average Bonchev–Trinajstić information content (AvgIpc) is 3.02.